The van der Waals surface area contributed by atoms with Crippen molar-refractivity contribution in [1.82, 2.24) is 0 Å². The summed E-state index contributed by atoms with van der Waals surface area (Å²) in [7, 11) is -9.25. The van der Waals surface area contributed by atoms with E-state index in [1.165, 1.54) is 0 Å². The fraction of sp³-hybridized carbons (Fsp3) is 0.939. The first-order chi connectivity index (χ1) is 18.7. The SMILES string of the molecule is C=CC[C@]1(O)O[C@H](CO[Si](C)(C)C(C)(C)C)[C@@H](O[Si](C)(C)C(C)(C)C)[C@H](O[Si](C)(C)C(C)(C)C)[C@H]1O[Si](C)(C)C(C)(C)C. The van der Waals surface area contributed by atoms with Crippen LogP contribution in [0.5, 0.6) is 0 Å². The van der Waals surface area contributed by atoms with Crippen molar-refractivity contribution in [3.63, 3.8) is 0 Å². The summed E-state index contributed by atoms with van der Waals surface area (Å²) in [6, 6.07) is 0. The molecule has 0 bridgehead atoms. The summed E-state index contributed by atoms with van der Waals surface area (Å²) in [5, 5.41) is 12.4. The van der Waals surface area contributed by atoms with Gasteiger partial charge in [0.05, 0.1) is 6.61 Å². The van der Waals surface area contributed by atoms with Crippen molar-refractivity contribution in [2.45, 2.75) is 192 Å². The van der Waals surface area contributed by atoms with E-state index < -0.39 is 63.5 Å². The standard InChI is InChI=1S/C33H72O6Si4/c1-22-23-33(34)28(39-43(20,21)32(11,12)13)27(38-42(18,19)31(8,9)10)26(37-41(16,17)30(5,6)7)25(36-33)24-35-40(14,15)29(2,3)4/h22,25-28,34H,1,23-24H2,2-21H3/t25-,26-,27+,28-,33+/m1/s1. The number of rotatable bonds is 11. The first kappa shape index (κ1) is 41.4. The number of ether oxygens (including phenoxy) is 1. The highest BCUT2D eigenvalue weighted by molar-refractivity contribution is 6.75. The Labute approximate surface area is 271 Å². The van der Waals surface area contributed by atoms with E-state index in [-0.39, 0.29) is 26.6 Å². The quantitative estimate of drug-likeness (QED) is 0.174. The third-order valence-corrected chi connectivity index (χ3v) is 29.2. The van der Waals surface area contributed by atoms with Gasteiger partial charge < -0.3 is 27.5 Å². The Kier molecular flexibility index (Phi) is 12.6. The lowest BCUT2D eigenvalue weighted by Crippen LogP contribution is -2.72. The fourth-order valence-electron chi connectivity index (χ4n) is 4.00. The van der Waals surface area contributed by atoms with Gasteiger partial charge in [0.2, 0.25) is 0 Å². The highest BCUT2D eigenvalue weighted by Crippen LogP contribution is 2.48. The molecule has 0 aromatic rings. The molecule has 0 radical (unpaired) electrons. The second kappa shape index (κ2) is 13.1. The first-order valence-electron chi connectivity index (χ1n) is 16.3. The van der Waals surface area contributed by atoms with Gasteiger partial charge in [0.15, 0.2) is 39.1 Å². The lowest BCUT2D eigenvalue weighted by Gasteiger charge is -2.57. The van der Waals surface area contributed by atoms with Crippen LogP contribution in [0.15, 0.2) is 12.7 Å². The van der Waals surface area contributed by atoms with Crippen LogP contribution in [0.4, 0.5) is 0 Å². The van der Waals surface area contributed by atoms with Gasteiger partial charge in [-0.2, -0.15) is 0 Å². The minimum atomic E-state index is -2.40. The van der Waals surface area contributed by atoms with Crippen LogP contribution in [0.3, 0.4) is 0 Å². The van der Waals surface area contributed by atoms with Gasteiger partial charge in [0, 0.05) is 6.42 Å². The molecule has 0 unspecified atom stereocenters. The van der Waals surface area contributed by atoms with Gasteiger partial charge in [-0.25, -0.2) is 0 Å². The Balaban J connectivity index is 4.01. The molecule has 10 heteroatoms. The summed E-state index contributed by atoms with van der Waals surface area (Å²) in [5.41, 5.74) is 0. The summed E-state index contributed by atoms with van der Waals surface area (Å²) in [4.78, 5) is 0. The molecule has 1 rings (SSSR count). The van der Waals surface area contributed by atoms with E-state index in [1.807, 2.05) is 0 Å². The second-order valence-corrected chi connectivity index (χ2v) is 38.1. The number of aliphatic hydroxyl groups is 1. The number of hydrogen-bond acceptors (Lipinski definition) is 6. The highest BCUT2D eigenvalue weighted by atomic mass is 28.4. The van der Waals surface area contributed by atoms with Crippen LogP contribution in [-0.2, 0) is 22.4 Å². The Hall–Kier alpha value is 0.368. The van der Waals surface area contributed by atoms with E-state index in [9.17, 15) is 5.11 Å². The molecule has 0 aliphatic carbocycles. The van der Waals surface area contributed by atoms with Crippen molar-refractivity contribution in [2.75, 3.05) is 6.61 Å². The molecule has 1 aliphatic heterocycles. The summed E-state index contributed by atoms with van der Waals surface area (Å²) in [6.45, 7) is 49.3. The Bertz CT molecular complexity index is 937. The molecule has 0 spiro atoms. The zero-order chi connectivity index (χ0) is 34.5. The predicted octanol–water partition coefficient (Wildman–Crippen LogP) is 9.84. The summed E-state index contributed by atoms with van der Waals surface area (Å²) in [5.74, 6) is -1.64. The molecular weight excluding hydrogens is 605 g/mol. The van der Waals surface area contributed by atoms with E-state index in [4.69, 9.17) is 22.4 Å². The van der Waals surface area contributed by atoms with Gasteiger partial charge in [-0.15, -0.1) is 6.58 Å². The van der Waals surface area contributed by atoms with Gasteiger partial charge in [0.1, 0.15) is 24.4 Å². The van der Waals surface area contributed by atoms with E-state index >= 15 is 0 Å². The molecule has 0 aromatic heterocycles. The average molecular weight is 677 g/mol. The molecular formula is C33H72O6Si4. The molecule has 43 heavy (non-hydrogen) atoms. The van der Waals surface area contributed by atoms with Crippen LogP contribution in [0.1, 0.15) is 89.5 Å². The third kappa shape index (κ3) is 9.70. The maximum absolute atomic E-state index is 12.5. The molecule has 6 nitrogen and oxygen atoms in total. The second-order valence-electron chi connectivity index (χ2n) is 19.0. The summed E-state index contributed by atoms with van der Waals surface area (Å²) in [6.07, 6.45) is -0.365. The molecule has 0 saturated carbocycles. The molecule has 5 atom stereocenters. The van der Waals surface area contributed by atoms with Crippen molar-refractivity contribution in [2.24, 2.45) is 0 Å². The topological polar surface area (TPSA) is 66.4 Å². The summed E-state index contributed by atoms with van der Waals surface area (Å²) < 4.78 is 35.5. The molecule has 1 heterocycles. The van der Waals surface area contributed by atoms with Crippen LogP contribution in [0.2, 0.25) is 72.5 Å². The zero-order valence-corrected chi connectivity index (χ0v) is 36.0. The van der Waals surface area contributed by atoms with Gasteiger partial charge in [-0.1, -0.05) is 89.2 Å². The Morgan fingerprint density at radius 1 is 0.628 bits per heavy atom. The van der Waals surface area contributed by atoms with Gasteiger partial charge in [-0.3, -0.25) is 0 Å². The fourth-order valence-corrected chi connectivity index (χ4v) is 8.93. The van der Waals surface area contributed by atoms with E-state index in [0.717, 1.165) is 0 Å². The lowest BCUT2D eigenvalue weighted by molar-refractivity contribution is -0.339. The third-order valence-electron chi connectivity index (χ3n) is 11.3. The maximum atomic E-state index is 12.5. The van der Waals surface area contributed by atoms with Crippen LogP contribution >= 0.6 is 0 Å². The minimum Gasteiger partial charge on any atom is -0.414 e. The molecule has 1 fully saturated rings. The van der Waals surface area contributed by atoms with Crippen LogP contribution in [0, 0.1) is 0 Å². The van der Waals surface area contributed by atoms with E-state index in [0.29, 0.717) is 6.61 Å². The highest BCUT2D eigenvalue weighted by Gasteiger charge is 2.61. The van der Waals surface area contributed by atoms with Crippen LogP contribution in [-0.4, -0.2) is 75.2 Å². The minimum absolute atomic E-state index is 0.0277. The van der Waals surface area contributed by atoms with Gasteiger partial charge >= 0.3 is 0 Å². The molecule has 1 saturated heterocycles. The van der Waals surface area contributed by atoms with Crippen molar-refractivity contribution >= 4 is 33.3 Å². The van der Waals surface area contributed by atoms with Crippen LogP contribution in [0.25, 0.3) is 0 Å². The normalized spacial score (nSPS) is 27.4. The van der Waals surface area contributed by atoms with Crippen molar-refractivity contribution in [3.05, 3.63) is 12.7 Å². The molecule has 256 valence electrons. The Morgan fingerprint density at radius 2 is 0.977 bits per heavy atom. The lowest BCUT2D eigenvalue weighted by atomic mass is 9.91. The first-order valence-corrected chi connectivity index (χ1v) is 28.0. The molecule has 0 amide bonds. The van der Waals surface area contributed by atoms with Crippen LogP contribution < -0.4 is 0 Å². The van der Waals surface area contributed by atoms with Crippen molar-refractivity contribution < 1.29 is 27.5 Å². The zero-order valence-electron chi connectivity index (χ0n) is 32.0. The maximum Gasteiger partial charge on any atom is 0.197 e. The summed E-state index contributed by atoms with van der Waals surface area (Å²) >= 11 is 0. The number of hydrogen-bond donors (Lipinski definition) is 1. The smallest absolute Gasteiger partial charge is 0.197 e. The van der Waals surface area contributed by atoms with E-state index in [1.54, 1.807) is 6.08 Å². The van der Waals surface area contributed by atoms with Gasteiger partial charge in [-0.05, 0) is 72.5 Å². The molecule has 1 aliphatic rings. The van der Waals surface area contributed by atoms with Crippen molar-refractivity contribution in [1.29, 1.82) is 0 Å². The largest absolute Gasteiger partial charge is 0.414 e. The van der Waals surface area contributed by atoms with E-state index in [2.05, 4.69) is 142 Å². The van der Waals surface area contributed by atoms with Crippen molar-refractivity contribution in [3.8, 4) is 0 Å². The monoisotopic (exact) mass is 676 g/mol. The average Bonchev–Trinajstić information content (AvgIpc) is 2.74. The molecule has 0 aromatic carbocycles. The predicted molar refractivity (Wildman–Crippen MR) is 194 cm³/mol. The van der Waals surface area contributed by atoms with Gasteiger partial charge in [0.25, 0.3) is 0 Å². The Morgan fingerprint density at radius 3 is 1.33 bits per heavy atom. The molecule has 1 N–H and O–H groups in total.